The summed E-state index contributed by atoms with van der Waals surface area (Å²) in [5, 5.41) is 8.58. The molecule has 0 aromatic heterocycles. The Balaban J connectivity index is 3.19. The van der Waals surface area contributed by atoms with Crippen molar-refractivity contribution in [3.8, 4) is 0 Å². The molecule has 0 rings (SSSR count). The van der Waals surface area contributed by atoms with E-state index >= 15 is 0 Å². The predicted octanol–water partition coefficient (Wildman–Crippen LogP) is 6.55. The lowest BCUT2D eigenvalue weighted by atomic mass is 10.0. The standard InChI is InChI=1S/C18H36O3/c1-3-5-6-7-8-9-10-11-12-13-14-15-16-17(4-2)21-18(19)20/h17H,3-16H2,1-2H3,(H,19,20). The van der Waals surface area contributed by atoms with Crippen LogP contribution >= 0.6 is 0 Å². The van der Waals surface area contributed by atoms with Crippen molar-refractivity contribution in [2.75, 3.05) is 0 Å². The van der Waals surface area contributed by atoms with E-state index in [9.17, 15) is 4.79 Å². The fourth-order valence-corrected chi connectivity index (χ4v) is 2.70. The summed E-state index contributed by atoms with van der Waals surface area (Å²) >= 11 is 0. The summed E-state index contributed by atoms with van der Waals surface area (Å²) in [6.07, 6.45) is 16.4. The van der Waals surface area contributed by atoms with Crippen molar-refractivity contribution in [2.24, 2.45) is 0 Å². The number of carbonyl (C=O) groups is 1. The lowest BCUT2D eigenvalue weighted by Crippen LogP contribution is -2.15. The van der Waals surface area contributed by atoms with Gasteiger partial charge in [0.1, 0.15) is 6.10 Å². The van der Waals surface area contributed by atoms with Crippen LogP contribution in [0.2, 0.25) is 0 Å². The number of carboxylic acid groups (broad SMARTS) is 1. The highest BCUT2D eigenvalue weighted by Gasteiger charge is 2.10. The van der Waals surface area contributed by atoms with Gasteiger partial charge in [-0.3, -0.25) is 0 Å². The summed E-state index contributed by atoms with van der Waals surface area (Å²) < 4.78 is 4.82. The van der Waals surface area contributed by atoms with Gasteiger partial charge in [0.25, 0.3) is 0 Å². The van der Waals surface area contributed by atoms with Crippen molar-refractivity contribution in [2.45, 2.75) is 110 Å². The van der Waals surface area contributed by atoms with Gasteiger partial charge in [-0.05, 0) is 19.3 Å². The zero-order chi connectivity index (χ0) is 15.8. The summed E-state index contributed by atoms with van der Waals surface area (Å²) in [6.45, 7) is 4.24. The van der Waals surface area contributed by atoms with Gasteiger partial charge in [-0.25, -0.2) is 4.79 Å². The Morgan fingerprint density at radius 2 is 1.24 bits per heavy atom. The van der Waals surface area contributed by atoms with E-state index in [4.69, 9.17) is 9.84 Å². The van der Waals surface area contributed by atoms with Gasteiger partial charge in [-0.2, -0.15) is 0 Å². The molecule has 126 valence electrons. The van der Waals surface area contributed by atoms with E-state index < -0.39 is 6.16 Å². The molecule has 0 saturated heterocycles. The molecule has 1 N–H and O–H groups in total. The molecule has 0 bridgehead atoms. The van der Waals surface area contributed by atoms with E-state index in [2.05, 4.69) is 6.92 Å². The van der Waals surface area contributed by atoms with Crippen molar-refractivity contribution < 1.29 is 14.6 Å². The average Bonchev–Trinajstić information content (AvgIpc) is 2.46. The Bertz CT molecular complexity index is 229. The first-order valence-electron chi connectivity index (χ1n) is 9.10. The number of rotatable bonds is 15. The van der Waals surface area contributed by atoms with Crippen molar-refractivity contribution >= 4 is 6.16 Å². The van der Waals surface area contributed by atoms with Crippen LogP contribution in [-0.4, -0.2) is 17.4 Å². The third-order valence-corrected chi connectivity index (χ3v) is 4.10. The molecule has 0 fully saturated rings. The second-order valence-electron chi connectivity index (χ2n) is 6.09. The first-order valence-corrected chi connectivity index (χ1v) is 9.10. The fraction of sp³-hybridized carbons (Fsp3) is 0.944. The highest BCUT2D eigenvalue weighted by Crippen LogP contribution is 2.14. The Morgan fingerprint density at radius 1 is 0.810 bits per heavy atom. The summed E-state index contributed by atoms with van der Waals surface area (Å²) in [7, 11) is 0. The third-order valence-electron chi connectivity index (χ3n) is 4.10. The van der Waals surface area contributed by atoms with Crippen LogP contribution in [0.4, 0.5) is 4.79 Å². The molecule has 0 amide bonds. The van der Waals surface area contributed by atoms with Gasteiger partial charge in [-0.1, -0.05) is 84.5 Å². The summed E-state index contributed by atoms with van der Waals surface area (Å²) in [6, 6.07) is 0. The van der Waals surface area contributed by atoms with Crippen LogP contribution in [0.5, 0.6) is 0 Å². The molecule has 3 heteroatoms. The van der Waals surface area contributed by atoms with E-state index in [0.29, 0.717) is 0 Å². The lowest BCUT2D eigenvalue weighted by Gasteiger charge is -2.13. The lowest BCUT2D eigenvalue weighted by molar-refractivity contribution is 0.0454. The average molecular weight is 300 g/mol. The van der Waals surface area contributed by atoms with Crippen molar-refractivity contribution in [3.05, 3.63) is 0 Å². The molecule has 0 aromatic rings. The van der Waals surface area contributed by atoms with Gasteiger partial charge < -0.3 is 9.84 Å². The van der Waals surface area contributed by atoms with E-state index in [0.717, 1.165) is 19.3 Å². The normalized spacial score (nSPS) is 12.3. The predicted molar refractivity (Wildman–Crippen MR) is 88.9 cm³/mol. The molecular formula is C18H36O3. The molecule has 3 nitrogen and oxygen atoms in total. The van der Waals surface area contributed by atoms with Gasteiger partial charge in [0, 0.05) is 0 Å². The van der Waals surface area contributed by atoms with Crippen LogP contribution in [0.25, 0.3) is 0 Å². The van der Waals surface area contributed by atoms with Crippen LogP contribution in [0.3, 0.4) is 0 Å². The maximum Gasteiger partial charge on any atom is 0.506 e. The SMILES string of the molecule is CCCCCCCCCCCCCCC(CC)OC(=O)O. The molecule has 0 saturated carbocycles. The van der Waals surface area contributed by atoms with E-state index in [1.54, 1.807) is 0 Å². The van der Waals surface area contributed by atoms with Crippen LogP contribution in [-0.2, 0) is 4.74 Å². The highest BCUT2D eigenvalue weighted by atomic mass is 16.7. The molecule has 0 spiro atoms. The summed E-state index contributed by atoms with van der Waals surface area (Å²) in [5.74, 6) is 0. The highest BCUT2D eigenvalue weighted by molar-refractivity contribution is 5.57. The van der Waals surface area contributed by atoms with Crippen LogP contribution in [0.1, 0.15) is 104 Å². The second kappa shape index (κ2) is 15.7. The molecular weight excluding hydrogens is 264 g/mol. The van der Waals surface area contributed by atoms with Gasteiger partial charge in [-0.15, -0.1) is 0 Å². The van der Waals surface area contributed by atoms with Crippen LogP contribution in [0, 0.1) is 0 Å². The third kappa shape index (κ3) is 15.5. The smallest absolute Gasteiger partial charge is 0.450 e. The molecule has 1 atom stereocenters. The minimum atomic E-state index is -1.14. The first-order chi connectivity index (χ1) is 10.2. The molecule has 0 aromatic carbocycles. The minimum Gasteiger partial charge on any atom is -0.450 e. The number of ether oxygens (including phenoxy) is 1. The molecule has 0 aliphatic carbocycles. The maximum atomic E-state index is 10.5. The Kier molecular flexibility index (Phi) is 15.1. The van der Waals surface area contributed by atoms with Crippen LogP contribution in [0.15, 0.2) is 0 Å². The number of hydrogen-bond acceptors (Lipinski definition) is 2. The first kappa shape index (κ1) is 20.3. The Labute approximate surface area is 131 Å². The largest absolute Gasteiger partial charge is 0.506 e. The summed E-state index contributed by atoms with van der Waals surface area (Å²) in [4.78, 5) is 10.5. The Morgan fingerprint density at radius 3 is 1.62 bits per heavy atom. The van der Waals surface area contributed by atoms with Gasteiger partial charge in [0.15, 0.2) is 0 Å². The molecule has 0 heterocycles. The molecule has 0 aliphatic heterocycles. The fourth-order valence-electron chi connectivity index (χ4n) is 2.70. The van der Waals surface area contributed by atoms with E-state index in [1.165, 1.54) is 70.6 Å². The number of unbranched alkanes of at least 4 members (excludes halogenated alkanes) is 11. The molecule has 0 radical (unpaired) electrons. The topological polar surface area (TPSA) is 46.5 Å². The van der Waals surface area contributed by atoms with E-state index in [1.807, 2.05) is 6.92 Å². The van der Waals surface area contributed by atoms with Crippen molar-refractivity contribution in [3.63, 3.8) is 0 Å². The second-order valence-corrected chi connectivity index (χ2v) is 6.09. The molecule has 0 aliphatic rings. The zero-order valence-electron chi connectivity index (χ0n) is 14.2. The number of hydrogen-bond donors (Lipinski definition) is 1. The zero-order valence-corrected chi connectivity index (χ0v) is 14.2. The van der Waals surface area contributed by atoms with E-state index in [-0.39, 0.29) is 6.10 Å². The van der Waals surface area contributed by atoms with Crippen molar-refractivity contribution in [1.82, 2.24) is 0 Å². The monoisotopic (exact) mass is 300 g/mol. The van der Waals surface area contributed by atoms with Gasteiger partial charge >= 0.3 is 6.16 Å². The molecule has 21 heavy (non-hydrogen) atoms. The molecule has 1 unspecified atom stereocenters. The van der Waals surface area contributed by atoms with Crippen molar-refractivity contribution in [1.29, 1.82) is 0 Å². The minimum absolute atomic E-state index is 0.106. The maximum absolute atomic E-state index is 10.5. The van der Waals surface area contributed by atoms with Crippen LogP contribution < -0.4 is 0 Å². The van der Waals surface area contributed by atoms with Gasteiger partial charge in [0.05, 0.1) is 0 Å². The summed E-state index contributed by atoms with van der Waals surface area (Å²) in [5.41, 5.74) is 0. The Hall–Kier alpha value is -0.730. The van der Waals surface area contributed by atoms with Gasteiger partial charge in [0.2, 0.25) is 0 Å². The quantitative estimate of drug-likeness (QED) is 0.275.